The van der Waals surface area contributed by atoms with Gasteiger partial charge in [0.1, 0.15) is 5.82 Å². The van der Waals surface area contributed by atoms with Gasteiger partial charge in [0, 0.05) is 18.9 Å². The van der Waals surface area contributed by atoms with Crippen LogP contribution in [0.5, 0.6) is 0 Å². The van der Waals surface area contributed by atoms with E-state index in [-0.39, 0.29) is 28.2 Å². The fourth-order valence-corrected chi connectivity index (χ4v) is 4.10. The molecule has 2 heterocycles. The van der Waals surface area contributed by atoms with Crippen molar-refractivity contribution >= 4 is 23.3 Å². The molecule has 2 saturated carbocycles. The molecular weight excluding hydrogens is 290 g/mol. The Morgan fingerprint density at radius 3 is 2.86 bits per heavy atom. The summed E-state index contributed by atoms with van der Waals surface area (Å²) in [5.41, 5.74) is 0.254. The van der Waals surface area contributed by atoms with Gasteiger partial charge in [-0.05, 0) is 50.6 Å². The van der Waals surface area contributed by atoms with Crippen LogP contribution in [0.25, 0.3) is 0 Å². The van der Waals surface area contributed by atoms with Gasteiger partial charge in [-0.3, -0.25) is 9.69 Å². The quantitative estimate of drug-likeness (QED) is 0.788. The minimum Gasteiger partial charge on any atom is -0.376 e. The maximum atomic E-state index is 13.0. The van der Waals surface area contributed by atoms with Crippen molar-refractivity contribution in [1.82, 2.24) is 9.97 Å². The lowest BCUT2D eigenvalue weighted by Gasteiger charge is -2.36. The van der Waals surface area contributed by atoms with Gasteiger partial charge in [-0.2, -0.15) is 4.98 Å². The van der Waals surface area contributed by atoms with Crippen LogP contribution in [0.1, 0.15) is 44.6 Å². The highest BCUT2D eigenvalue weighted by Crippen LogP contribution is 2.58. The Morgan fingerprint density at radius 1 is 1.43 bits per heavy atom. The van der Waals surface area contributed by atoms with Crippen LogP contribution in [0, 0.1) is 0 Å². The van der Waals surface area contributed by atoms with Crippen molar-refractivity contribution in [3.63, 3.8) is 0 Å². The average Bonchev–Trinajstić information content (AvgIpc) is 3.13. The van der Waals surface area contributed by atoms with Gasteiger partial charge in [-0.15, -0.1) is 0 Å². The minimum atomic E-state index is -0.378. The molecule has 1 aromatic heterocycles. The van der Waals surface area contributed by atoms with Crippen molar-refractivity contribution in [3.8, 4) is 0 Å². The van der Waals surface area contributed by atoms with Crippen LogP contribution < -0.4 is 4.90 Å². The Balaban J connectivity index is 1.84. The third-order valence-electron chi connectivity index (χ3n) is 5.49. The SMILES string of the molecule is CO[C@@]1(C)CCC[C@H]1N1C(=O)C2(CC2)c2cnc(Cl)nc21. The molecule has 6 heteroatoms. The van der Waals surface area contributed by atoms with Gasteiger partial charge in [0.25, 0.3) is 0 Å². The predicted octanol–water partition coefficient (Wildman–Crippen LogP) is 2.47. The molecule has 1 spiro atoms. The molecule has 0 N–H and O–H groups in total. The van der Waals surface area contributed by atoms with Crippen LogP contribution in [0.3, 0.4) is 0 Å². The summed E-state index contributed by atoms with van der Waals surface area (Å²) in [5.74, 6) is 0.858. The topological polar surface area (TPSA) is 55.3 Å². The second kappa shape index (κ2) is 4.17. The van der Waals surface area contributed by atoms with E-state index >= 15 is 0 Å². The monoisotopic (exact) mass is 307 g/mol. The van der Waals surface area contributed by atoms with Crippen molar-refractivity contribution in [2.24, 2.45) is 0 Å². The number of hydrogen-bond acceptors (Lipinski definition) is 4. The van der Waals surface area contributed by atoms with Gasteiger partial charge in [0.05, 0.1) is 17.1 Å². The lowest BCUT2D eigenvalue weighted by Crippen LogP contribution is -2.51. The van der Waals surface area contributed by atoms with Gasteiger partial charge in [0.2, 0.25) is 11.2 Å². The molecule has 2 atom stereocenters. The van der Waals surface area contributed by atoms with Gasteiger partial charge in [-0.1, -0.05) is 0 Å². The van der Waals surface area contributed by atoms with E-state index in [4.69, 9.17) is 16.3 Å². The van der Waals surface area contributed by atoms with E-state index in [0.29, 0.717) is 5.82 Å². The molecule has 21 heavy (non-hydrogen) atoms. The van der Waals surface area contributed by atoms with Crippen LogP contribution >= 0.6 is 11.6 Å². The van der Waals surface area contributed by atoms with Gasteiger partial charge < -0.3 is 4.74 Å². The fraction of sp³-hybridized carbons (Fsp3) is 0.667. The summed E-state index contributed by atoms with van der Waals surface area (Å²) < 4.78 is 5.74. The number of rotatable bonds is 2. The van der Waals surface area contributed by atoms with E-state index < -0.39 is 0 Å². The number of amides is 1. The summed E-state index contributed by atoms with van der Waals surface area (Å²) in [6, 6.07) is 0.0275. The molecule has 3 aliphatic rings. The number of methoxy groups -OCH3 is 1. The summed E-state index contributed by atoms with van der Waals surface area (Å²) in [7, 11) is 1.72. The third kappa shape index (κ3) is 1.64. The number of anilines is 1. The summed E-state index contributed by atoms with van der Waals surface area (Å²) in [4.78, 5) is 23.3. The number of hydrogen-bond donors (Lipinski definition) is 0. The highest BCUT2D eigenvalue weighted by Gasteiger charge is 2.63. The van der Waals surface area contributed by atoms with Crippen molar-refractivity contribution in [2.45, 2.75) is 56.1 Å². The molecule has 0 saturated heterocycles. The second-order valence-electron chi connectivity index (χ2n) is 6.56. The van der Waals surface area contributed by atoms with E-state index in [2.05, 4.69) is 16.9 Å². The largest absolute Gasteiger partial charge is 0.376 e. The number of aromatic nitrogens is 2. The standard InChI is InChI=1S/C15H18ClN3O2/c1-14(21-2)5-3-4-10(14)19-11-9(8-17-13(16)18-11)15(6-7-15)12(19)20/h8,10H,3-7H2,1-2H3/t10-,14+/m1/s1. The summed E-state index contributed by atoms with van der Waals surface area (Å²) in [6.45, 7) is 2.08. The molecule has 0 bridgehead atoms. The number of ether oxygens (including phenoxy) is 1. The summed E-state index contributed by atoms with van der Waals surface area (Å²) in [6.07, 6.45) is 6.45. The Hall–Kier alpha value is -1.20. The van der Waals surface area contributed by atoms with Crippen LogP contribution in [-0.4, -0.2) is 34.6 Å². The normalized spacial score (nSPS) is 32.8. The van der Waals surface area contributed by atoms with E-state index in [1.54, 1.807) is 13.3 Å². The summed E-state index contributed by atoms with van der Waals surface area (Å²) >= 11 is 5.97. The van der Waals surface area contributed by atoms with Gasteiger partial charge >= 0.3 is 0 Å². The highest BCUT2D eigenvalue weighted by molar-refractivity contribution is 6.28. The van der Waals surface area contributed by atoms with Crippen LogP contribution in [-0.2, 0) is 14.9 Å². The number of carbonyl (C=O) groups excluding carboxylic acids is 1. The second-order valence-corrected chi connectivity index (χ2v) is 6.90. The zero-order valence-electron chi connectivity index (χ0n) is 12.2. The molecule has 0 aromatic carbocycles. The molecule has 2 aliphatic carbocycles. The fourth-order valence-electron chi connectivity index (χ4n) is 3.97. The zero-order chi connectivity index (χ0) is 14.8. The first kappa shape index (κ1) is 13.5. The molecule has 2 fully saturated rings. The molecule has 4 rings (SSSR count). The van der Waals surface area contributed by atoms with E-state index in [9.17, 15) is 4.79 Å². The smallest absolute Gasteiger partial charge is 0.239 e. The predicted molar refractivity (Wildman–Crippen MR) is 78.5 cm³/mol. The first-order chi connectivity index (χ1) is 10.0. The van der Waals surface area contributed by atoms with Crippen molar-refractivity contribution in [1.29, 1.82) is 0 Å². The molecule has 5 nitrogen and oxygen atoms in total. The maximum Gasteiger partial charge on any atom is 0.239 e. The molecule has 112 valence electrons. The molecular formula is C15H18ClN3O2. The molecule has 1 amide bonds. The molecule has 0 unspecified atom stereocenters. The van der Waals surface area contributed by atoms with Crippen LogP contribution in [0.2, 0.25) is 5.28 Å². The van der Waals surface area contributed by atoms with E-state index in [0.717, 1.165) is 37.7 Å². The van der Waals surface area contributed by atoms with Crippen LogP contribution in [0.4, 0.5) is 5.82 Å². The average molecular weight is 308 g/mol. The Labute approximate surface area is 128 Å². The molecule has 1 aliphatic heterocycles. The van der Waals surface area contributed by atoms with Crippen molar-refractivity contribution in [3.05, 3.63) is 17.0 Å². The van der Waals surface area contributed by atoms with Gasteiger partial charge in [-0.25, -0.2) is 4.98 Å². The Morgan fingerprint density at radius 2 is 2.19 bits per heavy atom. The van der Waals surface area contributed by atoms with Gasteiger partial charge in [0.15, 0.2) is 0 Å². The van der Waals surface area contributed by atoms with E-state index in [1.165, 1.54) is 0 Å². The Kier molecular flexibility index (Phi) is 2.67. The van der Waals surface area contributed by atoms with Crippen LogP contribution in [0.15, 0.2) is 6.20 Å². The number of carbonyl (C=O) groups is 1. The van der Waals surface area contributed by atoms with Crippen molar-refractivity contribution < 1.29 is 9.53 Å². The third-order valence-corrected chi connectivity index (χ3v) is 5.68. The first-order valence-electron chi connectivity index (χ1n) is 7.44. The number of nitrogens with zero attached hydrogens (tertiary/aromatic N) is 3. The first-order valence-corrected chi connectivity index (χ1v) is 7.81. The molecule has 1 aromatic rings. The van der Waals surface area contributed by atoms with Crippen molar-refractivity contribution in [2.75, 3.05) is 12.0 Å². The minimum absolute atomic E-state index is 0.0275. The molecule has 0 radical (unpaired) electrons. The zero-order valence-corrected chi connectivity index (χ0v) is 13.0. The number of halogens is 1. The highest BCUT2D eigenvalue weighted by atomic mass is 35.5. The lowest BCUT2D eigenvalue weighted by atomic mass is 9.98. The maximum absolute atomic E-state index is 13.0. The number of fused-ring (bicyclic) bond motifs is 2. The van der Waals surface area contributed by atoms with E-state index in [1.807, 2.05) is 4.90 Å². The summed E-state index contributed by atoms with van der Waals surface area (Å²) in [5, 5.41) is 0.196. The lowest BCUT2D eigenvalue weighted by molar-refractivity contribution is -0.122. The Bertz CT molecular complexity index is 631.